The van der Waals surface area contributed by atoms with Gasteiger partial charge >= 0.3 is 6.18 Å². The molecule has 6 nitrogen and oxygen atoms in total. The Bertz CT molecular complexity index is 1680. The summed E-state index contributed by atoms with van der Waals surface area (Å²) in [6.07, 6.45) is -4.69. The molecule has 3 aromatic carbocycles. The molecule has 0 fully saturated rings. The van der Waals surface area contributed by atoms with Gasteiger partial charge < -0.3 is 0 Å². The van der Waals surface area contributed by atoms with E-state index in [-0.39, 0.29) is 27.3 Å². The van der Waals surface area contributed by atoms with Crippen LogP contribution in [-0.2, 0) is 16.2 Å². The molecule has 0 radical (unpaired) electrons. The molecule has 0 bridgehead atoms. The van der Waals surface area contributed by atoms with Gasteiger partial charge in [-0.3, -0.25) is 0 Å². The van der Waals surface area contributed by atoms with Crippen LogP contribution in [0.3, 0.4) is 0 Å². The van der Waals surface area contributed by atoms with E-state index in [0.29, 0.717) is 16.8 Å². The smallest absolute Gasteiger partial charge is 0.228 e. The molecule has 36 heavy (non-hydrogen) atoms. The molecule has 2 N–H and O–H groups in total. The van der Waals surface area contributed by atoms with Gasteiger partial charge in [-0.1, -0.05) is 60.2 Å². The standard InChI is InChI=1S/C26H19F3N4O2S/c1-16-7-9-18(10-8-16)24-23-21(26(27,28)29)15-22(17-5-3-2-4-6-17)31-25(23)33(32-24)19-11-13-20(14-12-19)36(30,34)35/h2-15H,1H3,(H2,30,34,35). The Kier molecular flexibility index (Phi) is 5.65. The summed E-state index contributed by atoms with van der Waals surface area (Å²) < 4.78 is 67.9. The number of hydrogen-bond acceptors (Lipinski definition) is 4. The van der Waals surface area contributed by atoms with Gasteiger partial charge in [-0.2, -0.15) is 18.3 Å². The van der Waals surface area contributed by atoms with Crippen LogP contribution in [0.2, 0.25) is 0 Å². The largest absolute Gasteiger partial charge is 0.417 e. The van der Waals surface area contributed by atoms with Gasteiger partial charge in [0, 0.05) is 11.1 Å². The highest BCUT2D eigenvalue weighted by Gasteiger charge is 2.36. The number of alkyl halides is 3. The number of rotatable bonds is 4. The molecule has 2 aromatic heterocycles. The highest BCUT2D eigenvalue weighted by molar-refractivity contribution is 7.89. The van der Waals surface area contributed by atoms with Crippen LogP contribution in [0.4, 0.5) is 13.2 Å². The summed E-state index contributed by atoms with van der Waals surface area (Å²) in [5.74, 6) is 0. The zero-order valence-electron chi connectivity index (χ0n) is 18.9. The Morgan fingerprint density at radius 2 is 1.50 bits per heavy atom. The van der Waals surface area contributed by atoms with Gasteiger partial charge in [-0.05, 0) is 37.3 Å². The summed E-state index contributed by atoms with van der Waals surface area (Å²) in [5, 5.41) is 9.58. The second kappa shape index (κ2) is 8.58. The molecule has 5 aromatic rings. The van der Waals surface area contributed by atoms with Crippen LogP contribution >= 0.6 is 0 Å². The van der Waals surface area contributed by atoms with Crippen molar-refractivity contribution >= 4 is 21.1 Å². The molecule has 0 amide bonds. The van der Waals surface area contributed by atoms with E-state index < -0.39 is 21.8 Å². The molecule has 10 heteroatoms. The van der Waals surface area contributed by atoms with Gasteiger partial charge in [-0.25, -0.2) is 23.2 Å². The lowest BCUT2D eigenvalue weighted by Gasteiger charge is -2.12. The third kappa shape index (κ3) is 4.36. The topological polar surface area (TPSA) is 90.9 Å². The number of halogens is 3. The number of primary sulfonamides is 1. The van der Waals surface area contributed by atoms with Gasteiger partial charge in [0.05, 0.1) is 27.2 Å². The van der Waals surface area contributed by atoms with Gasteiger partial charge in [0.1, 0.15) is 5.69 Å². The molecular weight excluding hydrogens is 489 g/mol. The molecular formula is C26H19F3N4O2S. The minimum absolute atomic E-state index is 0.0115. The van der Waals surface area contributed by atoms with Crippen LogP contribution in [0.25, 0.3) is 39.2 Å². The first-order valence-electron chi connectivity index (χ1n) is 10.8. The number of nitrogens with zero attached hydrogens (tertiary/aromatic N) is 3. The molecule has 0 aliphatic carbocycles. The molecule has 0 aliphatic heterocycles. The number of pyridine rings is 1. The summed E-state index contributed by atoms with van der Waals surface area (Å²) in [7, 11) is -3.95. The molecule has 182 valence electrons. The van der Waals surface area contributed by atoms with Crippen LogP contribution in [0, 0.1) is 6.92 Å². The SMILES string of the molecule is Cc1ccc(-c2nn(-c3ccc(S(N)(=O)=O)cc3)c3nc(-c4ccccc4)cc(C(F)(F)F)c23)cc1. The molecule has 0 unspecified atom stereocenters. The maximum absolute atomic E-state index is 14.4. The van der Waals surface area contributed by atoms with Crippen LogP contribution in [-0.4, -0.2) is 23.2 Å². The van der Waals surface area contributed by atoms with Crippen molar-refractivity contribution in [2.75, 3.05) is 0 Å². The Balaban J connectivity index is 1.86. The highest BCUT2D eigenvalue weighted by atomic mass is 32.2. The number of fused-ring (bicyclic) bond motifs is 1. The van der Waals surface area contributed by atoms with Crippen molar-refractivity contribution in [3.63, 3.8) is 0 Å². The molecule has 0 spiro atoms. The quantitative estimate of drug-likeness (QED) is 0.336. The van der Waals surface area contributed by atoms with Gasteiger partial charge in [0.2, 0.25) is 10.0 Å². The van der Waals surface area contributed by atoms with Gasteiger partial charge in [0.25, 0.3) is 0 Å². The number of hydrogen-bond donors (Lipinski definition) is 1. The van der Waals surface area contributed by atoms with E-state index in [2.05, 4.69) is 10.1 Å². The van der Waals surface area contributed by atoms with Crippen molar-refractivity contribution in [3.8, 4) is 28.2 Å². The van der Waals surface area contributed by atoms with Gasteiger partial charge in [0.15, 0.2) is 5.65 Å². The number of benzene rings is 3. The second-order valence-electron chi connectivity index (χ2n) is 8.28. The van der Waals surface area contributed by atoms with Crippen molar-refractivity contribution in [3.05, 3.63) is 96.1 Å². The van der Waals surface area contributed by atoms with Gasteiger partial charge in [-0.15, -0.1) is 0 Å². The first-order chi connectivity index (χ1) is 17.0. The van der Waals surface area contributed by atoms with E-state index in [9.17, 15) is 21.6 Å². The molecule has 0 saturated carbocycles. The third-order valence-electron chi connectivity index (χ3n) is 5.75. The lowest BCUT2D eigenvalue weighted by Crippen LogP contribution is -2.12. The summed E-state index contributed by atoms with van der Waals surface area (Å²) in [6, 6.07) is 22.0. The maximum Gasteiger partial charge on any atom is 0.417 e. The van der Waals surface area contributed by atoms with Crippen LogP contribution in [0.1, 0.15) is 11.1 Å². The number of nitrogens with two attached hydrogens (primary N) is 1. The van der Waals surface area contributed by atoms with Crippen molar-refractivity contribution in [2.24, 2.45) is 5.14 Å². The summed E-state index contributed by atoms with van der Waals surface area (Å²) in [5.41, 5.74) is 1.65. The third-order valence-corrected chi connectivity index (χ3v) is 6.68. The van der Waals surface area contributed by atoms with Crippen molar-refractivity contribution in [1.29, 1.82) is 0 Å². The summed E-state index contributed by atoms with van der Waals surface area (Å²) >= 11 is 0. The fourth-order valence-electron chi connectivity index (χ4n) is 3.97. The predicted octanol–water partition coefficient (Wildman–Crippen LogP) is 5.73. The maximum atomic E-state index is 14.4. The summed E-state index contributed by atoms with van der Waals surface area (Å²) in [4.78, 5) is 4.46. The zero-order chi connectivity index (χ0) is 25.7. The van der Waals surface area contributed by atoms with E-state index in [1.165, 1.54) is 28.9 Å². The van der Waals surface area contributed by atoms with Crippen molar-refractivity contribution < 1.29 is 21.6 Å². The Hall–Kier alpha value is -4.02. The average Bonchev–Trinajstić information content (AvgIpc) is 3.23. The highest BCUT2D eigenvalue weighted by Crippen LogP contribution is 2.41. The minimum Gasteiger partial charge on any atom is -0.228 e. The van der Waals surface area contributed by atoms with E-state index in [4.69, 9.17) is 5.14 Å². The van der Waals surface area contributed by atoms with E-state index in [0.717, 1.165) is 11.6 Å². The molecule has 0 atom stereocenters. The number of aryl methyl sites for hydroxylation is 1. The molecule has 0 saturated heterocycles. The number of aromatic nitrogens is 3. The molecule has 5 rings (SSSR count). The monoisotopic (exact) mass is 508 g/mol. The van der Waals surface area contributed by atoms with E-state index in [1.54, 1.807) is 54.6 Å². The van der Waals surface area contributed by atoms with Crippen molar-refractivity contribution in [2.45, 2.75) is 18.0 Å². The van der Waals surface area contributed by atoms with Crippen LogP contribution in [0.15, 0.2) is 89.8 Å². The lowest BCUT2D eigenvalue weighted by atomic mass is 10.0. The average molecular weight is 509 g/mol. The predicted molar refractivity (Wildman–Crippen MR) is 131 cm³/mol. The van der Waals surface area contributed by atoms with Crippen LogP contribution < -0.4 is 5.14 Å². The fourth-order valence-corrected chi connectivity index (χ4v) is 4.48. The Morgan fingerprint density at radius 1 is 0.861 bits per heavy atom. The van der Waals surface area contributed by atoms with E-state index in [1.807, 2.05) is 6.92 Å². The molecule has 2 heterocycles. The first-order valence-corrected chi connectivity index (χ1v) is 12.3. The second-order valence-corrected chi connectivity index (χ2v) is 9.84. The Labute approximate surface area is 204 Å². The molecule has 0 aliphatic rings. The first kappa shape index (κ1) is 23.7. The fraction of sp³-hybridized carbons (Fsp3) is 0.0769. The normalized spacial score (nSPS) is 12.2. The Morgan fingerprint density at radius 3 is 2.08 bits per heavy atom. The van der Waals surface area contributed by atoms with E-state index >= 15 is 0 Å². The zero-order valence-corrected chi connectivity index (χ0v) is 19.7. The number of sulfonamides is 1. The summed E-state index contributed by atoms with van der Waals surface area (Å²) in [6.45, 7) is 1.88. The van der Waals surface area contributed by atoms with Crippen molar-refractivity contribution in [1.82, 2.24) is 14.8 Å². The van der Waals surface area contributed by atoms with Crippen LogP contribution in [0.5, 0.6) is 0 Å². The minimum atomic E-state index is -4.69. The lowest BCUT2D eigenvalue weighted by molar-refractivity contribution is -0.136.